The Kier molecular flexibility index (Phi) is 3.65. The van der Waals surface area contributed by atoms with Gasteiger partial charge in [0.05, 0.1) is 5.25 Å². The Hall–Kier alpha value is -0.470. The third kappa shape index (κ3) is 2.71. The number of hydrogen-bond acceptors (Lipinski definition) is 7. The van der Waals surface area contributed by atoms with Gasteiger partial charge in [0, 0.05) is 11.8 Å². The molecule has 0 spiro atoms. The van der Waals surface area contributed by atoms with E-state index in [1.165, 1.54) is 18.6 Å². The molecule has 1 unspecified atom stereocenters. The van der Waals surface area contributed by atoms with Crippen molar-refractivity contribution in [3.8, 4) is 0 Å². The number of nitrogen functional groups attached to an aromatic ring is 1. The van der Waals surface area contributed by atoms with Crippen LogP contribution in [0.4, 0.5) is 10.8 Å². The van der Waals surface area contributed by atoms with Gasteiger partial charge in [-0.1, -0.05) is 0 Å². The van der Waals surface area contributed by atoms with Crippen molar-refractivity contribution in [2.24, 2.45) is 0 Å². The van der Waals surface area contributed by atoms with Gasteiger partial charge in [-0.05, 0) is 43.0 Å². The van der Waals surface area contributed by atoms with Gasteiger partial charge in [0.15, 0.2) is 15.7 Å². The first-order chi connectivity index (χ1) is 9.09. The Morgan fingerprint density at radius 3 is 2.79 bits per heavy atom. The fraction of sp³-hybridized carbons (Fsp3) is 0.727. The summed E-state index contributed by atoms with van der Waals surface area (Å²) < 4.78 is 28.7. The fourth-order valence-corrected chi connectivity index (χ4v) is 6.33. The molecule has 19 heavy (non-hydrogen) atoms. The average Bonchev–Trinajstić information content (AvgIpc) is 2.99. The van der Waals surface area contributed by atoms with Gasteiger partial charge >= 0.3 is 0 Å². The summed E-state index contributed by atoms with van der Waals surface area (Å²) in [5.41, 5.74) is 5.75. The molecule has 106 valence electrons. The Balaban J connectivity index is 1.78. The summed E-state index contributed by atoms with van der Waals surface area (Å²) in [4.78, 5) is 0.239. The van der Waals surface area contributed by atoms with Crippen LogP contribution in [0.3, 0.4) is 0 Å². The van der Waals surface area contributed by atoms with E-state index in [4.69, 9.17) is 5.73 Å². The minimum atomic E-state index is -3.28. The molecule has 2 heterocycles. The number of nitrogens with zero attached hydrogens (tertiary/aromatic N) is 1. The number of nitrogens with one attached hydrogen (secondary N) is 1. The predicted molar refractivity (Wildman–Crippen MR) is 80.7 cm³/mol. The fourth-order valence-electron chi connectivity index (χ4n) is 2.24. The number of anilines is 2. The standard InChI is InChI=1S/C11H17N3O2S3/c12-10-9(19(15,16)8-3-4-8)11(18-14-10)13-6-7-2-1-5-17-7/h7-8,13H,1-6H2,(H2,12,14). The zero-order valence-corrected chi connectivity index (χ0v) is 12.9. The number of thioether (sulfide) groups is 1. The summed E-state index contributed by atoms with van der Waals surface area (Å²) in [5, 5.41) is 4.19. The molecule has 1 aromatic heterocycles. The molecular formula is C11H17N3O2S3. The van der Waals surface area contributed by atoms with Crippen molar-refractivity contribution in [3.63, 3.8) is 0 Å². The second-order valence-electron chi connectivity index (χ2n) is 4.99. The largest absolute Gasteiger partial charge is 0.382 e. The highest BCUT2D eigenvalue weighted by molar-refractivity contribution is 8.00. The lowest BCUT2D eigenvalue weighted by molar-refractivity contribution is 0.595. The second-order valence-corrected chi connectivity index (χ2v) is 9.33. The Morgan fingerprint density at radius 1 is 1.37 bits per heavy atom. The van der Waals surface area contributed by atoms with Crippen molar-refractivity contribution in [3.05, 3.63) is 0 Å². The van der Waals surface area contributed by atoms with Gasteiger partial charge in [0.2, 0.25) is 0 Å². The van der Waals surface area contributed by atoms with Gasteiger partial charge < -0.3 is 11.1 Å². The first-order valence-corrected chi connectivity index (χ1v) is 9.80. The second kappa shape index (κ2) is 5.14. The average molecular weight is 319 g/mol. The lowest BCUT2D eigenvalue weighted by Gasteiger charge is -2.11. The van der Waals surface area contributed by atoms with E-state index in [0.717, 1.165) is 30.9 Å². The predicted octanol–water partition coefficient (Wildman–Crippen LogP) is 1.97. The molecule has 1 atom stereocenters. The zero-order chi connectivity index (χ0) is 13.5. The van der Waals surface area contributed by atoms with E-state index in [9.17, 15) is 8.42 Å². The molecule has 2 aliphatic rings. The van der Waals surface area contributed by atoms with E-state index < -0.39 is 9.84 Å². The van der Waals surface area contributed by atoms with Crippen LogP contribution in [-0.4, -0.2) is 35.6 Å². The Bertz CT molecular complexity index is 560. The van der Waals surface area contributed by atoms with Crippen molar-refractivity contribution in [1.82, 2.24) is 4.37 Å². The SMILES string of the molecule is Nc1nsc(NCC2CCCS2)c1S(=O)(=O)C1CC1. The van der Waals surface area contributed by atoms with Gasteiger partial charge in [0.25, 0.3) is 0 Å². The number of hydrogen-bond donors (Lipinski definition) is 2. The molecule has 5 nitrogen and oxygen atoms in total. The van der Waals surface area contributed by atoms with Crippen molar-refractivity contribution < 1.29 is 8.42 Å². The van der Waals surface area contributed by atoms with Gasteiger partial charge in [-0.15, -0.1) is 0 Å². The number of nitrogens with two attached hydrogens (primary N) is 1. The smallest absolute Gasteiger partial charge is 0.187 e. The third-order valence-electron chi connectivity index (χ3n) is 3.44. The van der Waals surface area contributed by atoms with Crippen LogP contribution in [0.2, 0.25) is 0 Å². The lowest BCUT2D eigenvalue weighted by Crippen LogP contribution is -2.16. The number of rotatable bonds is 5. The molecule has 1 aliphatic carbocycles. The Morgan fingerprint density at radius 2 is 2.16 bits per heavy atom. The summed E-state index contributed by atoms with van der Waals surface area (Å²) >= 11 is 3.10. The third-order valence-corrected chi connectivity index (χ3v) is 8.11. The highest BCUT2D eigenvalue weighted by atomic mass is 32.2. The van der Waals surface area contributed by atoms with Crippen molar-refractivity contribution in [1.29, 1.82) is 0 Å². The van der Waals surface area contributed by atoms with Gasteiger partial charge in [-0.3, -0.25) is 0 Å². The zero-order valence-electron chi connectivity index (χ0n) is 10.5. The minimum Gasteiger partial charge on any atom is -0.382 e. The maximum absolute atomic E-state index is 12.3. The first kappa shape index (κ1) is 13.5. The van der Waals surface area contributed by atoms with Crippen LogP contribution in [-0.2, 0) is 9.84 Å². The van der Waals surface area contributed by atoms with Crippen LogP contribution in [0.15, 0.2) is 4.90 Å². The van der Waals surface area contributed by atoms with E-state index in [-0.39, 0.29) is 16.0 Å². The van der Waals surface area contributed by atoms with E-state index in [1.807, 2.05) is 11.8 Å². The molecule has 1 aliphatic heterocycles. The van der Waals surface area contributed by atoms with Crippen LogP contribution < -0.4 is 11.1 Å². The molecular weight excluding hydrogens is 302 g/mol. The Labute approximate surface area is 121 Å². The number of aromatic nitrogens is 1. The summed E-state index contributed by atoms with van der Waals surface area (Å²) in [5.74, 6) is 1.35. The lowest BCUT2D eigenvalue weighted by atomic mass is 10.2. The van der Waals surface area contributed by atoms with Gasteiger partial charge in [-0.25, -0.2) is 8.42 Å². The molecule has 3 rings (SSSR count). The molecule has 0 amide bonds. The quantitative estimate of drug-likeness (QED) is 0.863. The summed E-state index contributed by atoms with van der Waals surface area (Å²) in [6.45, 7) is 0.791. The van der Waals surface area contributed by atoms with Crippen LogP contribution in [0.25, 0.3) is 0 Å². The summed E-state index contributed by atoms with van der Waals surface area (Å²) in [6, 6.07) is 0. The van der Waals surface area contributed by atoms with Crippen LogP contribution in [0.5, 0.6) is 0 Å². The molecule has 2 fully saturated rings. The van der Waals surface area contributed by atoms with Crippen LogP contribution in [0.1, 0.15) is 25.7 Å². The molecule has 8 heteroatoms. The minimum absolute atomic E-state index is 0.151. The maximum atomic E-state index is 12.3. The van der Waals surface area contributed by atoms with Gasteiger partial charge in [0.1, 0.15) is 9.90 Å². The molecule has 1 aromatic rings. The highest BCUT2D eigenvalue weighted by Gasteiger charge is 2.40. The normalized spacial score (nSPS) is 23.7. The molecule has 3 N–H and O–H groups in total. The summed E-state index contributed by atoms with van der Waals surface area (Å²) in [6.07, 6.45) is 3.93. The molecule has 1 saturated carbocycles. The highest BCUT2D eigenvalue weighted by Crippen LogP contribution is 2.41. The first-order valence-electron chi connectivity index (χ1n) is 6.43. The summed E-state index contributed by atoms with van der Waals surface area (Å²) in [7, 11) is -3.28. The monoisotopic (exact) mass is 319 g/mol. The molecule has 0 radical (unpaired) electrons. The van der Waals surface area contributed by atoms with Crippen LogP contribution >= 0.6 is 23.3 Å². The van der Waals surface area contributed by atoms with Gasteiger partial charge in [-0.2, -0.15) is 16.1 Å². The molecule has 0 bridgehead atoms. The van der Waals surface area contributed by atoms with Crippen molar-refractivity contribution in [2.75, 3.05) is 23.3 Å². The number of sulfone groups is 1. The van der Waals surface area contributed by atoms with Crippen molar-refractivity contribution >= 4 is 44.0 Å². The van der Waals surface area contributed by atoms with E-state index in [2.05, 4.69) is 9.69 Å². The molecule has 1 saturated heterocycles. The van der Waals surface area contributed by atoms with E-state index in [0.29, 0.717) is 10.3 Å². The maximum Gasteiger partial charge on any atom is 0.187 e. The van der Waals surface area contributed by atoms with Crippen molar-refractivity contribution in [2.45, 2.75) is 41.1 Å². The van der Waals surface area contributed by atoms with E-state index >= 15 is 0 Å². The van der Waals surface area contributed by atoms with E-state index in [1.54, 1.807) is 0 Å². The van der Waals surface area contributed by atoms with Crippen LogP contribution in [0, 0.1) is 0 Å². The topological polar surface area (TPSA) is 85.1 Å². The molecule has 0 aromatic carbocycles.